The number of anilines is 1. The third-order valence-corrected chi connectivity index (χ3v) is 3.12. The first-order valence-electron chi connectivity index (χ1n) is 5.44. The van der Waals surface area contributed by atoms with Gasteiger partial charge >= 0.3 is 0 Å². The van der Waals surface area contributed by atoms with Crippen molar-refractivity contribution in [2.24, 2.45) is 0 Å². The number of piperidine rings is 1. The van der Waals surface area contributed by atoms with Crippen molar-refractivity contribution < 1.29 is 4.84 Å². The van der Waals surface area contributed by atoms with Gasteiger partial charge in [-0.2, -0.15) is 5.06 Å². The summed E-state index contributed by atoms with van der Waals surface area (Å²) in [5.74, 6) is 0.664. The Labute approximate surface area is 90.8 Å². The summed E-state index contributed by atoms with van der Waals surface area (Å²) < 4.78 is 0. The quantitative estimate of drug-likeness (QED) is 0.752. The molecule has 1 heterocycles. The summed E-state index contributed by atoms with van der Waals surface area (Å²) in [7, 11) is 1.74. The maximum atomic E-state index is 5.67. The molecule has 1 aromatic carbocycles. The molecule has 0 aromatic heterocycles. The first kappa shape index (κ1) is 10.5. The Kier molecular flexibility index (Phi) is 3.23. The Morgan fingerprint density at radius 1 is 1.20 bits per heavy atom. The maximum Gasteiger partial charge on any atom is 0.0575 e. The molecule has 1 saturated heterocycles. The van der Waals surface area contributed by atoms with E-state index < -0.39 is 0 Å². The highest BCUT2D eigenvalue weighted by Gasteiger charge is 2.19. The Hall–Kier alpha value is -1.06. The SMILES string of the molecule is CON1CCC(c2ccc(N)cc2)CC1. The number of benzene rings is 1. The predicted molar refractivity (Wildman–Crippen MR) is 61.4 cm³/mol. The first-order valence-corrected chi connectivity index (χ1v) is 5.44. The molecule has 2 rings (SSSR count). The average Bonchev–Trinajstić information content (AvgIpc) is 2.30. The fourth-order valence-electron chi connectivity index (χ4n) is 2.14. The summed E-state index contributed by atoms with van der Waals surface area (Å²) in [5, 5.41) is 2.02. The number of hydrogen-bond acceptors (Lipinski definition) is 3. The van der Waals surface area contributed by atoms with Crippen LogP contribution in [-0.4, -0.2) is 25.3 Å². The summed E-state index contributed by atoms with van der Waals surface area (Å²) in [6.45, 7) is 2.04. The summed E-state index contributed by atoms with van der Waals surface area (Å²) in [4.78, 5) is 5.21. The van der Waals surface area contributed by atoms with E-state index in [0.29, 0.717) is 5.92 Å². The molecule has 0 amide bonds. The largest absolute Gasteiger partial charge is 0.399 e. The molecular formula is C12H18N2O. The van der Waals surface area contributed by atoms with Gasteiger partial charge in [0.2, 0.25) is 0 Å². The summed E-state index contributed by atoms with van der Waals surface area (Å²) in [6.07, 6.45) is 2.33. The topological polar surface area (TPSA) is 38.5 Å². The molecule has 0 atom stereocenters. The van der Waals surface area contributed by atoms with Gasteiger partial charge < -0.3 is 10.6 Å². The predicted octanol–water partition coefficient (Wildman–Crippen LogP) is 2.01. The normalized spacial score (nSPS) is 19.3. The lowest BCUT2D eigenvalue weighted by Crippen LogP contribution is -2.31. The second kappa shape index (κ2) is 4.64. The van der Waals surface area contributed by atoms with Crippen molar-refractivity contribution >= 4 is 5.69 Å². The number of nitrogens with two attached hydrogens (primary N) is 1. The van der Waals surface area contributed by atoms with Crippen LogP contribution in [0, 0.1) is 0 Å². The van der Waals surface area contributed by atoms with E-state index in [9.17, 15) is 0 Å². The van der Waals surface area contributed by atoms with Gasteiger partial charge in [-0.25, -0.2) is 0 Å². The molecule has 0 aliphatic carbocycles. The average molecular weight is 206 g/mol. The van der Waals surface area contributed by atoms with Crippen LogP contribution >= 0.6 is 0 Å². The molecule has 0 radical (unpaired) electrons. The van der Waals surface area contributed by atoms with Crippen molar-refractivity contribution in [3.63, 3.8) is 0 Å². The lowest BCUT2D eigenvalue weighted by atomic mass is 9.90. The molecule has 0 spiro atoms. The fourth-order valence-corrected chi connectivity index (χ4v) is 2.14. The molecular weight excluding hydrogens is 188 g/mol. The van der Waals surface area contributed by atoms with Crippen molar-refractivity contribution in [2.45, 2.75) is 18.8 Å². The molecule has 0 saturated carbocycles. The van der Waals surface area contributed by atoms with Gasteiger partial charge in [-0.1, -0.05) is 12.1 Å². The van der Waals surface area contributed by atoms with Crippen molar-refractivity contribution in [1.29, 1.82) is 0 Å². The molecule has 0 unspecified atom stereocenters. The van der Waals surface area contributed by atoms with E-state index in [0.717, 1.165) is 31.6 Å². The van der Waals surface area contributed by atoms with Crippen LogP contribution in [0.1, 0.15) is 24.3 Å². The third-order valence-electron chi connectivity index (χ3n) is 3.12. The highest BCUT2D eigenvalue weighted by atomic mass is 16.7. The zero-order chi connectivity index (χ0) is 10.7. The molecule has 0 bridgehead atoms. The third kappa shape index (κ3) is 2.49. The lowest BCUT2D eigenvalue weighted by Gasteiger charge is -2.30. The van der Waals surface area contributed by atoms with Crippen LogP contribution in [0.5, 0.6) is 0 Å². The minimum Gasteiger partial charge on any atom is -0.399 e. The van der Waals surface area contributed by atoms with E-state index in [-0.39, 0.29) is 0 Å². The highest BCUT2D eigenvalue weighted by Crippen LogP contribution is 2.28. The summed E-state index contributed by atoms with van der Waals surface area (Å²) in [6, 6.07) is 8.25. The van der Waals surface area contributed by atoms with Crippen LogP contribution in [0.4, 0.5) is 5.69 Å². The van der Waals surface area contributed by atoms with Gasteiger partial charge in [0.15, 0.2) is 0 Å². The first-order chi connectivity index (χ1) is 7.29. The molecule has 3 heteroatoms. The van der Waals surface area contributed by atoms with E-state index in [1.807, 2.05) is 17.2 Å². The van der Waals surface area contributed by atoms with Gasteiger partial charge in [0.05, 0.1) is 7.11 Å². The summed E-state index contributed by atoms with van der Waals surface area (Å²) in [5.41, 5.74) is 7.92. The van der Waals surface area contributed by atoms with Crippen LogP contribution in [0.3, 0.4) is 0 Å². The van der Waals surface area contributed by atoms with Crippen LogP contribution in [-0.2, 0) is 4.84 Å². The molecule has 15 heavy (non-hydrogen) atoms. The fraction of sp³-hybridized carbons (Fsp3) is 0.500. The minimum atomic E-state index is 0.664. The zero-order valence-corrected chi connectivity index (χ0v) is 9.15. The minimum absolute atomic E-state index is 0.664. The highest BCUT2D eigenvalue weighted by molar-refractivity contribution is 5.40. The van der Waals surface area contributed by atoms with E-state index in [1.54, 1.807) is 7.11 Å². The van der Waals surface area contributed by atoms with Crippen LogP contribution < -0.4 is 5.73 Å². The van der Waals surface area contributed by atoms with Gasteiger partial charge in [-0.15, -0.1) is 0 Å². The maximum absolute atomic E-state index is 5.67. The molecule has 1 aliphatic rings. The van der Waals surface area contributed by atoms with E-state index in [4.69, 9.17) is 10.6 Å². The number of nitrogen functional groups attached to an aromatic ring is 1. The number of hydrogen-bond donors (Lipinski definition) is 1. The number of nitrogens with zero attached hydrogens (tertiary/aromatic N) is 1. The van der Waals surface area contributed by atoms with Crippen LogP contribution in [0.15, 0.2) is 24.3 Å². The Morgan fingerprint density at radius 3 is 2.33 bits per heavy atom. The van der Waals surface area contributed by atoms with Crippen molar-refractivity contribution in [3.8, 4) is 0 Å². The van der Waals surface area contributed by atoms with E-state index in [1.165, 1.54) is 5.56 Å². The van der Waals surface area contributed by atoms with Gasteiger partial charge in [-0.05, 0) is 36.5 Å². The van der Waals surface area contributed by atoms with Crippen LogP contribution in [0.25, 0.3) is 0 Å². The molecule has 1 aliphatic heterocycles. The second-order valence-electron chi connectivity index (χ2n) is 4.05. The second-order valence-corrected chi connectivity index (χ2v) is 4.05. The molecule has 1 aromatic rings. The zero-order valence-electron chi connectivity index (χ0n) is 9.15. The molecule has 82 valence electrons. The number of hydroxylamine groups is 2. The standard InChI is InChI=1S/C12H18N2O/c1-15-14-8-6-11(7-9-14)10-2-4-12(13)5-3-10/h2-5,11H,6-9,13H2,1H3. The van der Waals surface area contributed by atoms with Crippen LogP contribution in [0.2, 0.25) is 0 Å². The van der Waals surface area contributed by atoms with E-state index >= 15 is 0 Å². The summed E-state index contributed by atoms with van der Waals surface area (Å²) >= 11 is 0. The monoisotopic (exact) mass is 206 g/mol. The van der Waals surface area contributed by atoms with Crippen molar-refractivity contribution in [2.75, 3.05) is 25.9 Å². The van der Waals surface area contributed by atoms with Gasteiger partial charge in [0, 0.05) is 18.8 Å². The van der Waals surface area contributed by atoms with E-state index in [2.05, 4.69) is 12.1 Å². The molecule has 2 N–H and O–H groups in total. The Balaban J connectivity index is 1.98. The number of rotatable bonds is 2. The van der Waals surface area contributed by atoms with Gasteiger partial charge in [0.1, 0.15) is 0 Å². The smallest absolute Gasteiger partial charge is 0.0575 e. The lowest BCUT2D eigenvalue weighted by molar-refractivity contribution is -0.143. The molecule has 3 nitrogen and oxygen atoms in total. The van der Waals surface area contributed by atoms with Gasteiger partial charge in [0.25, 0.3) is 0 Å². The van der Waals surface area contributed by atoms with Gasteiger partial charge in [-0.3, -0.25) is 0 Å². The Bertz CT molecular complexity index is 302. The Morgan fingerprint density at radius 2 is 1.80 bits per heavy atom. The van der Waals surface area contributed by atoms with Crippen molar-refractivity contribution in [1.82, 2.24) is 5.06 Å². The molecule has 1 fully saturated rings. The van der Waals surface area contributed by atoms with Crippen molar-refractivity contribution in [3.05, 3.63) is 29.8 Å².